The first kappa shape index (κ1) is 16.0. The fraction of sp³-hybridized carbons (Fsp3) is 0.786. The van der Waals surface area contributed by atoms with Crippen LogP contribution in [0.4, 0.5) is 0 Å². The van der Waals surface area contributed by atoms with E-state index in [1.54, 1.807) is 0 Å². The van der Waals surface area contributed by atoms with Crippen LogP contribution in [-0.2, 0) is 0 Å². The van der Waals surface area contributed by atoms with Gasteiger partial charge in [0.05, 0.1) is 0 Å². The average molecular weight is 239 g/mol. The van der Waals surface area contributed by atoms with E-state index in [1.807, 2.05) is 6.92 Å². The molecule has 17 heavy (non-hydrogen) atoms. The zero-order valence-corrected chi connectivity index (χ0v) is 11.9. The first-order chi connectivity index (χ1) is 8.20. The van der Waals surface area contributed by atoms with Crippen molar-refractivity contribution in [2.45, 2.75) is 47.0 Å². The molecule has 0 spiro atoms. The Morgan fingerprint density at radius 2 is 2.06 bits per heavy atom. The molecule has 0 aliphatic rings. The molecule has 0 aliphatic heterocycles. The van der Waals surface area contributed by atoms with E-state index in [1.165, 1.54) is 12.8 Å². The number of hydrogen-bond donors (Lipinski definition) is 2. The molecule has 0 radical (unpaired) electrons. The van der Waals surface area contributed by atoms with Gasteiger partial charge in [-0.3, -0.25) is 4.99 Å². The van der Waals surface area contributed by atoms with Crippen LogP contribution >= 0.6 is 0 Å². The maximum absolute atomic E-state index is 4.55. The molecule has 0 bridgehead atoms. The van der Waals surface area contributed by atoms with Gasteiger partial charge in [0.15, 0.2) is 5.96 Å². The van der Waals surface area contributed by atoms with Gasteiger partial charge in [-0.1, -0.05) is 26.0 Å². The second-order valence-corrected chi connectivity index (χ2v) is 4.58. The first-order valence-corrected chi connectivity index (χ1v) is 6.84. The van der Waals surface area contributed by atoms with Gasteiger partial charge in [-0.25, -0.2) is 0 Å². The molecule has 0 aromatic heterocycles. The van der Waals surface area contributed by atoms with Crippen LogP contribution in [0.1, 0.15) is 47.0 Å². The summed E-state index contributed by atoms with van der Waals surface area (Å²) in [6.45, 7) is 11.4. The maximum Gasteiger partial charge on any atom is 0.191 e. The van der Waals surface area contributed by atoms with Gasteiger partial charge in [-0.15, -0.1) is 0 Å². The van der Waals surface area contributed by atoms with Crippen molar-refractivity contribution >= 4 is 5.96 Å². The fourth-order valence-electron chi connectivity index (χ4n) is 1.47. The quantitative estimate of drug-likeness (QED) is 0.296. The molecule has 2 N–H and O–H groups in total. The SMILES string of the molecule is C/C=C/CCNC(=NCCCC(C)C)NCC. The van der Waals surface area contributed by atoms with E-state index >= 15 is 0 Å². The highest BCUT2D eigenvalue weighted by molar-refractivity contribution is 5.79. The van der Waals surface area contributed by atoms with Crippen molar-refractivity contribution in [1.82, 2.24) is 10.6 Å². The van der Waals surface area contributed by atoms with Gasteiger partial charge in [0.2, 0.25) is 0 Å². The summed E-state index contributed by atoms with van der Waals surface area (Å²) in [6.07, 6.45) is 7.71. The minimum absolute atomic E-state index is 0.774. The zero-order valence-electron chi connectivity index (χ0n) is 11.9. The van der Waals surface area contributed by atoms with E-state index in [9.17, 15) is 0 Å². The molecular weight excluding hydrogens is 210 g/mol. The molecular formula is C14H29N3. The first-order valence-electron chi connectivity index (χ1n) is 6.84. The third-order valence-corrected chi connectivity index (χ3v) is 2.39. The smallest absolute Gasteiger partial charge is 0.191 e. The molecule has 0 aromatic rings. The number of nitrogens with one attached hydrogen (secondary N) is 2. The Morgan fingerprint density at radius 3 is 2.65 bits per heavy atom. The van der Waals surface area contributed by atoms with Crippen LogP contribution in [0, 0.1) is 5.92 Å². The predicted molar refractivity (Wildman–Crippen MR) is 77.5 cm³/mol. The van der Waals surface area contributed by atoms with Crippen LogP contribution in [0.15, 0.2) is 17.1 Å². The fourth-order valence-corrected chi connectivity index (χ4v) is 1.47. The van der Waals surface area contributed by atoms with Gasteiger partial charge in [0.1, 0.15) is 0 Å². The molecule has 0 aliphatic carbocycles. The summed E-state index contributed by atoms with van der Waals surface area (Å²) in [4.78, 5) is 4.55. The number of allylic oxidation sites excluding steroid dienone is 1. The Bertz CT molecular complexity index is 220. The molecule has 0 saturated heterocycles. The Kier molecular flexibility index (Phi) is 10.8. The third-order valence-electron chi connectivity index (χ3n) is 2.39. The van der Waals surface area contributed by atoms with Gasteiger partial charge in [-0.05, 0) is 39.0 Å². The molecule has 0 atom stereocenters. The number of rotatable bonds is 8. The second-order valence-electron chi connectivity index (χ2n) is 4.58. The van der Waals surface area contributed by atoms with Crippen molar-refractivity contribution in [3.63, 3.8) is 0 Å². The predicted octanol–water partition coefficient (Wildman–Crippen LogP) is 2.94. The van der Waals surface area contributed by atoms with Crippen molar-refractivity contribution in [2.24, 2.45) is 10.9 Å². The van der Waals surface area contributed by atoms with E-state index in [0.29, 0.717) is 0 Å². The summed E-state index contributed by atoms with van der Waals surface area (Å²) in [6, 6.07) is 0. The Labute approximate surface area is 107 Å². The summed E-state index contributed by atoms with van der Waals surface area (Å²) in [7, 11) is 0. The van der Waals surface area contributed by atoms with E-state index < -0.39 is 0 Å². The summed E-state index contributed by atoms with van der Waals surface area (Å²) in [5, 5.41) is 6.59. The van der Waals surface area contributed by atoms with Crippen LogP contribution in [0.2, 0.25) is 0 Å². The van der Waals surface area contributed by atoms with E-state index in [4.69, 9.17) is 0 Å². The molecule has 0 unspecified atom stereocenters. The Hall–Kier alpha value is -0.990. The lowest BCUT2D eigenvalue weighted by atomic mass is 10.1. The molecule has 0 rings (SSSR count). The standard InChI is InChI=1S/C14H29N3/c1-5-7-8-11-16-14(15-6-2)17-12-9-10-13(3)4/h5,7,13H,6,8-12H2,1-4H3,(H2,15,16,17)/b7-5+. The minimum atomic E-state index is 0.774. The number of aliphatic imine (C=N–C) groups is 1. The average Bonchev–Trinajstić information content (AvgIpc) is 2.29. The Morgan fingerprint density at radius 1 is 1.29 bits per heavy atom. The highest BCUT2D eigenvalue weighted by Gasteiger charge is 1.96. The van der Waals surface area contributed by atoms with Crippen molar-refractivity contribution in [2.75, 3.05) is 19.6 Å². The monoisotopic (exact) mass is 239 g/mol. The van der Waals surface area contributed by atoms with Gasteiger partial charge in [0, 0.05) is 19.6 Å². The highest BCUT2D eigenvalue weighted by Crippen LogP contribution is 2.02. The normalized spacial score (nSPS) is 12.4. The maximum atomic E-state index is 4.55. The van der Waals surface area contributed by atoms with Gasteiger partial charge >= 0.3 is 0 Å². The molecule has 0 aromatic carbocycles. The summed E-state index contributed by atoms with van der Waals surface area (Å²) in [5.41, 5.74) is 0. The molecule has 0 heterocycles. The molecule has 100 valence electrons. The Balaban J connectivity index is 3.81. The lowest BCUT2D eigenvalue weighted by molar-refractivity contribution is 0.560. The van der Waals surface area contributed by atoms with E-state index in [0.717, 1.165) is 37.9 Å². The lowest BCUT2D eigenvalue weighted by Gasteiger charge is -2.10. The topological polar surface area (TPSA) is 36.4 Å². The summed E-state index contributed by atoms with van der Waals surface area (Å²) < 4.78 is 0. The summed E-state index contributed by atoms with van der Waals surface area (Å²) in [5.74, 6) is 1.72. The van der Waals surface area contributed by atoms with Crippen LogP contribution in [0.3, 0.4) is 0 Å². The van der Waals surface area contributed by atoms with E-state index in [2.05, 4.69) is 48.5 Å². The van der Waals surface area contributed by atoms with Crippen molar-refractivity contribution < 1.29 is 0 Å². The van der Waals surface area contributed by atoms with Gasteiger partial charge < -0.3 is 10.6 Å². The van der Waals surface area contributed by atoms with Crippen LogP contribution < -0.4 is 10.6 Å². The second kappa shape index (κ2) is 11.5. The third kappa shape index (κ3) is 11.3. The number of guanidine groups is 1. The molecule has 0 fully saturated rings. The van der Waals surface area contributed by atoms with Gasteiger partial charge in [0.25, 0.3) is 0 Å². The minimum Gasteiger partial charge on any atom is -0.357 e. The molecule has 3 nitrogen and oxygen atoms in total. The molecule has 3 heteroatoms. The largest absolute Gasteiger partial charge is 0.357 e. The zero-order chi connectivity index (χ0) is 12.9. The van der Waals surface area contributed by atoms with Crippen LogP contribution in [0.5, 0.6) is 0 Å². The van der Waals surface area contributed by atoms with Crippen molar-refractivity contribution in [1.29, 1.82) is 0 Å². The molecule has 0 amide bonds. The van der Waals surface area contributed by atoms with Crippen LogP contribution in [-0.4, -0.2) is 25.6 Å². The van der Waals surface area contributed by atoms with Crippen LogP contribution in [0.25, 0.3) is 0 Å². The number of hydrogen-bond acceptors (Lipinski definition) is 1. The molecule has 0 saturated carbocycles. The van der Waals surface area contributed by atoms with Gasteiger partial charge in [-0.2, -0.15) is 0 Å². The highest BCUT2D eigenvalue weighted by atomic mass is 15.2. The van der Waals surface area contributed by atoms with E-state index in [-0.39, 0.29) is 0 Å². The number of nitrogens with zero attached hydrogens (tertiary/aromatic N) is 1. The lowest BCUT2D eigenvalue weighted by Crippen LogP contribution is -2.37. The summed E-state index contributed by atoms with van der Waals surface area (Å²) >= 11 is 0. The van der Waals surface area contributed by atoms with Crippen molar-refractivity contribution in [3.05, 3.63) is 12.2 Å². The van der Waals surface area contributed by atoms with Crippen molar-refractivity contribution in [3.8, 4) is 0 Å².